The molecule has 0 bridgehead atoms. The summed E-state index contributed by atoms with van der Waals surface area (Å²) in [6, 6.07) is 10.8. The SMILES string of the molecule is COc1ccc(-c2nnc([C@H](C)OC(=O)c3ccc(OC)c([N+](=O)[O-])c3)o2)cc1. The first-order chi connectivity index (χ1) is 13.9. The molecule has 0 radical (unpaired) electrons. The van der Waals surface area contributed by atoms with Crippen LogP contribution in [0.5, 0.6) is 11.5 Å². The summed E-state index contributed by atoms with van der Waals surface area (Å²) in [5.41, 5.74) is 0.335. The van der Waals surface area contributed by atoms with Gasteiger partial charge in [0.1, 0.15) is 5.75 Å². The molecule has 0 unspecified atom stereocenters. The highest BCUT2D eigenvalue weighted by Gasteiger charge is 2.23. The average molecular weight is 399 g/mol. The first-order valence-corrected chi connectivity index (χ1v) is 8.44. The number of hydrogen-bond donors (Lipinski definition) is 0. The van der Waals surface area contributed by atoms with E-state index in [4.69, 9.17) is 18.6 Å². The lowest BCUT2D eigenvalue weighted by molar-refractivity contribution is -0.385. The smallest absolute Gasteiger partial charge is 0.339 e. The molecule has 2 aromatic carbocycles. The van der Waals surface area contributed by atoms with Gasteiger partial charge >= 0.3 is 11.7 Å². The van der Waals surface area contributed by atoms with Crippen LogP contribution in [-0.4, -0.2) is 35.3 Å². The first kappa shape index (κ1) is 19.8. The topological polar surface area (TPSA) is 127 Å². The fourth-order valence-corrected chi connectivity index (χ4v) is 2.49. The van der Waals surface area contributed by atoms with Crippen LogP contribution in [0.3, 0.4) is 0 Å². The van der Waals surface area contributed by atoms with Crippen molar-refractivity contribution >= 4 is 11.7 Å². The van der Waals surface area contributed by atoms with Crippen molar-refractivity contribution in [2.45, 2.75) is 13.0 Å². The van der Waals surface area contributed by atoms with E-state index in [1.807, 2.05) is 0 Å². The molecule has 0 saturated heterocycles. The number of rotatable bonds is 7. The molecule has 1 aromatic heterocycles. The average Bonchev–Trinajstić information content (AvgIpc) is 3.23. The molecule has 150 valence electrons. The first-order valence-electron chi connectivity index (χ1n) is 8.44. The standard InChI is InChI=1S/C19H17N3O7/c1-11(17-20-21-18(29-17)12-4-7-14(26-2)8-5-12)28-19(23)13-6-9-16(27-3)15(10-13)22(24)25/h4-11H,1-3H3/t11-/m0/s1. The number of carbonyl (C=O) groups is 1. The van der Waals surface area contributed by atoms with Crippen LogP contribution in [0.25, 0.3) is 11.5 Å². The lowest BCUT2D eigenvalue weighted by Crippen LogP contribution is -2.10. The minimum absolute atomic E-state index is 0.000701. The van der Waals surface area contributed by atoms with Crippen molar-refractivity contribution in [1.82, 2.24) is 10.2 Å². The Bertz CT molecular complexity index is 1030. The molecule has 0 aliphatic carbocycles. The fourth-order valence-electron chi connectivity index (χ4n) is 2.49. The molecule has 10 nitrogen and oxygen atoms in total. The second kappa shape index (κ2) is 8.38. The van der Waals surface area contributed by atoms with E-state index in [1.54, 1.807) is 38.3 Å². The number of nitro benzene ring substituents is 1. The van der Waals surface area contributed by atoms with Crippen LogP contribution in [-0.2, 0) is 4.74 Å². The molecule has 0 N–H and O–H groups in total. The van der Waals surface area contributed by atoms with Crippen LogP contribution >= 0.6 is 0 Å². The van der Waals surface area contributed by atoms with E-state index in [2.05, 4.69) is 10.2 Å². The number of methoxy groups -OCH3 is 2. The van der Waals surface area contributed by atoms with Crippen LogP contribution in [0, 0.1) is 10.1 Å². The van der Waals surface area contributed by atoms with Gasteiger partial charge in [-0.2, -0.15) is 0 Å². The molecule has 0 aliphatic rings. The number of nitro groups is 1. The summed E-state index contributed by atoms with van der Waals surface area (Å²) in [6.07, 6.45) is -0.858. The van der Waals surface area contributed by atoms with Crippen molar-refractivity contribution in [3.63, 3.8) is 0 Å². The van der Waals surface area contributed by atoms with Crippen molar-refractivity contribution in [3.8, 4) is 23.0 Å². The van der Waals surface area contributed by atoms with Crippen molar-refractivity contribution in [3.05, 3.63) is 64.0 Å². The van der Waals surface area contributed by atoms with Crippen LogP contribution in [0.15, 0.2) is 46.9 Å². The third-order valence-corrected chi connectivity index (χ3v) is 4.02. The fraction of sp³-hybridized carbons (Fsp3) is 0.211. The van der Waals surface area contributed by atoms with Gasteiger partial charge in [-0.1, -0.05) is 0 Å². The highest BCUT2D eigenvalue weighted by Crippen LogP contribution is 2.29. The molecule has 0 saturated carbocycles. The maximum absolute atomic E-state index is 12.4. The molecule has 0 spiro atoms. The van der Waals surface area contributed by atoms with Crippen LogP contribution < -0.4 is 9.47 Å². The molecular weight excluding hydrogens is 382 g/mol. The zero-order valence-electron chi connectivity index (χ0n) is 15.8. The lowest BCUT2D eigenvalue weighted by atomic mass is 10.2. The van der Waals surface area contributed by atoms with Gasteiger partial charge in [0.05, 0.1) is 24.7 Å². The van der Waals surface area contributed by atoms with Gasteiger partial charge in [-0.25, -0.2) is 4.79 Å². The van der Waals surface area contributed by atoms with Crippen LogP contribution in [0.4, 0.5) is 5.69 Å². The van der Waals surface area contributed by atoms with Gasteiger partial charge in [0.25, 0.3) is 5.89 Å². The van der Waals surface area contributed by atoms with Gasteiger partial charge in [0.2, 0.25) is 5.89 Å². The molecule has 29 heavy (non-hydrogen) atoms. The summed E-state index contributed by atoms with van der Waals surface area (Å²) in [5.74, 6) is 0.301. The van der Waals surface area contributed by atoms with Gasteiger partial charge in [-0.3, -0.25) is 10.1 Å². The summed E-state index contributed by atoms with van der Waals surface area (Å²) in [7, 11) is 2.87. The summed E-state index contributed by atoms with van der Waals surface area (Å²) < 4.78 is 20.9. The Morgan fingerprint density at radius 2 is 1.83 bits per heavy atom. The van der Waals surface area contributed by atoms with Crippen LogP contribution in [0.1, 0.15) is 29.3 Å². The van der Waals surface area contributed by atoms with E-state index >= 15 is 0 Å². The van der Waals surface area contributed by atoms with Gasteiger partial charge in [0, 0.05) is 11.6 Å². The van der Waals surface area contributed by atoms with Crippen molar-refractivity contribution < 1.29 is 28.3 Å². The van der Waals surface area contributed by atoms with Crippen molar-refractivity contribution in [2.75, 3.05) is 14.2 Å². The highest BCUT2D eigenvalue weighted by atomic mass is 16.6. The van der Waals surface area contributed by atoms with Crippen LogP contribution in [0.2, 0.25) is 0 Å². The number of nitrogens with zero attached hydrogens (tertiary/aromatic N) is 3. The Labute approximate surface area is 165 Å². The second-order valence-electron chi connectivity index (χ2n) is 5.87. The molecule has 0 fully saturated rings. The molecule has 0 amide bonds. The lowest BCUT2D eigenvalue weighted by Gasteiger charge is -2.10. The molecule has 1 atom stereocenters. The Hall–Kier alpha value is -3.95. The zero-order chi connectivity index (χ0) is 21.0. The Morgan fingerprint density at radius 1 is 1.10 bits per heavy atom. The van der Waals surface area contributed by atoms with Gasteiger partial charge in [-0.05, 0) is 43.3 Å². The monoisotopic (exact) mass is 399 g/mol. The predicted molar refractivity (Wildman–Crippen MR) is 99.8 cm³/mol. The Morgan fingerprint density at radius 3 is 2.45 bits per heavy atom. The number of hydrogen-bond acceptors (Lipinski definition) is 9. The zero-order valence-corrected chi connectivity index (χ0v) is 15.8. The van der Waals surface area contributed by atoms with E-state index in [-0.39, 0.29) is 28.8 Å². The summed E-state index contributed by atoms with van der Waals surface area (Å²) in [5, 5.41) is 19.0. The summed E-state index contributed by atoms with van der Waals surface area (Å²) in [4.78, 5) is 22.8. The van der Waals surface area contributed by atoms with Gasteiger partial charge in [-0.15, -0.1) is 10.2 Å². The maximum atomic E-state index is 12.4. The Balaban J connectivity index is 1.74. The normalized spacial score (nSPS) is 11.6. The van der Waals surface area contributed by atoms with Crippen molar-refractivity contribution in [1.29, 1.82) is 0 Å². The maximum Gasteiger partial charge on any atom is 0.339 e. The summed E-state index contributed by atoms with van der Waals surface area (Å²) in [6.45, 7) is 1.56. The molecule has 1 heterocycles. The van der Waals surface area contributed by atoms with E-state index in [1.165, 1.54) is 19.2 Å². The molecule has 10 heteroatoms. The number of aromatic nitrogens is 2. The number of carbonyl (C=O) groups excluding carboxylic acids is 1. The minimum Gasteiger partial charge on any atom is -0.497 e. The van der Waals surface area contributed by atoms with Crippen molar-refractivity contribution in [2.24, 2.45) is 0 Å². The molecule has 3 aromatic rings. The minimum atomic E-state index is -0.858. The third kappa shape index (κ3) is 4.32. The van der Waals surface area contributed by atoms with E-state index in [0.717, 1.165) is 6.07 Å². The Kier molecular flexibility index (Phi) is 5.72. The quantitative estimate of drug-likeness (QED) is 0.333. The largest absolute Gasteiger partial charge is 0.497 e. The third-order valence-electron chi connectivity index (χ3n) is 4.02. The number of esters is 1. The summed E-state index contributed by atoms with van der Waals surface area (Å²) >= 11 is 0. The van der Waals surface area contributed by atoms with E-state index in [0.29, 0.717) is 11.3 Å². The van der Waals surface area contributed by atoms with E-state index in [9.17, 15) is 14.9 Å². The number of benzene rings is 2. The van der Waals surface area contributed by atoms with Gasteiger partial charge < -0.3 is 18.6 Å². The second-order valence-corrected chi connectivity index (χ2v) is 5.87. The number of ether oxygens (including phenoxy) is 3. The molecule has 0 aliphatic heterocycles. The molecule has 3 rings (SSSR count). The van der Waals surface area contributed by atoms with Gasteiger partial charge in [0.15, 0.2) is 11.9 Å². The highest BCUT2D eigenvalue weighted by molar-refractivity contribution is 5.90. The predicted octanol–water partition coefficient (Wildman–Crippen LogP) is 3.58. The molecular formula is C19H17N3O7. The van der Waals surface area contributed by atoms with E-state index < -0.39 is 17.0 Å².